The Kier molecular flexibility index (Phi) is 12.3. The van der Waals surface area contributed by atoms with E-state index < -0.39 is 16.4 Å². The molecule has 0 radical (unpaired) electrons. The van der Waals surface area contributed by atoms with Gasteiger partial charge in [-0.2, -0.15) is 0 Å². The van der Waals surface area contributed by atoms with Gasteiger partial charge in [-0.15, -0.1) is 24.5 Å². The molecule has 0 saturated carbocycles. The van der Waals surface area contributed by atoms with Crippen molar-refractivity contribution >= 4 is 27.6 Å². The van der Waals surface area contributed by atoms with Gasteiger partial charge in [-0.05, 0) is 50.1 Å². The van der Waals surface area contributed by atoms with Crippen LogP contribution in [0.1, 0.15) is 44.8 Å². The van der Waals surface area contributed by atoms with E-state index >= 15 is 0 Å². The van der Waals surface area contributed by atoms with Crippen molar-refractivity contribution in [3.8, 4) is 0 Å². The number of aliphatic hydroxyl groups excluding tert-OH is 1. The van der Waals surface area contributed by atoms with E-state index in [2.05, 4.69) is 14.4 Å². The van der Waals surface area contributed by atoms with Crippen LogP contribution in [0.5, 0.6) is 0 Å². The molecule has 35 heavy (non-hydrogen) atoms. The van der Waals surface area contributed by atoms with Crippen LogP contribution in [-0.2, 0) is 27.6 Å². The summed E-state index contributed by atoms with van der Waals surface area (Å²) in [5, 5.41) is 7.69. The number of alkyl halides is 3. The van der Waals surface area contributed by atoms with Crippen LogP contribution in [0.25, 0.3) is 0 Å². The van der Waals surface area contributed by atoms with Gasteiger partial charge in [-0.25, -0.2) is 18.1 Å². The van der Waals surface area contributed by atoms with Gasteiger partial charge in [-0.3, -0.25) is 4.79 Å². The quantitative estimate of drug-likeness (QED) is 0.247. The molecule has 0 saturated heterocycles. The number of aliphatic hydroxyl groups is 1. The van der Waals surface area contributed by atoms with Crippen molar-refractivity contribution in [2.45, 2.75) is 51.3 Å². The first-order valence-corrected chi connectivity index (χ1v) is 12.8. The van der Waals surface area contributed by atoms with Crippen molar-refractivity contribution in [3.63, 3.8) is 0 Å². The highest BCUT2D eigenvalue weighted by Gasteiger charge is 2.31. The normalized spacial score (nSPS) is 12.4. The van der Waals surface area contributed by atoms with Crippen molar-refractivity contribution in [2.75, 3.05) is 13.7 Å². The third kappa shape index (κ3) is 10.3. The number of rotatable bonds is 11. The molecule has 0 amide bonds. The van der Waals surface area contributed by atoms with Gasteiger partial charge >= 0.3 is 6.36 Å². The highest BCUT2D eigenvalue weighted by atomic mass is 32.2. The second kappa shape index (κ2) is 14.1. The summed E-state index contributed by atoms with van der Waals surface area (Å²) in [6, 6.07) is 4.34. The van der Waals surface area contributed by atoms with Crippen LogP contribution in [0.15, 0.2) is 47.1 Å². The van der Waals surface area contributed by atoms with Crippen molar-refractivity contribution in [1.82, 2.24) is 9.71 Å². The fraction of sp³-hybridized carbons (Fsp3) is 0.391. The second-order valence-electron chi connectivity index (χ2n) is 7.06. The van der Waals surface area contributed by atoms with Gasteiger partial charge in [0, 0.05) is 36.9 Å². The fourth-order valence-corrected chi connectivity index (χ4v) is 4.88. The molecular formula is C23H29F3N2O5S2. The number of aryl methyl sites for hydroxylation is 2. The zero-order chi connectivity index (χ0) is 26.6. The van der Waals surface area contributed by atoms with Gasteiger partial charge in [0.05, 0.1) is 15.6 Å². The first-order valence-electron chi connectivity index (χ1n) is 10.5. The number of benzene rings is 1. The number of ether oxygens (including phenoxy) is 1. The van der Waals surface area contributed by atoms with E-state index in [9.17, 15) is 26.4 Å². The van der Waals surface area contributed by atoms with E-state index in [4.69, 9.17) is 5.11 Å². The number of carbonyl (C=O) groups is 1. The van der Waals surface area contributed by atoms with E-state index in [0.717, 1.165) is 12.0 Å². The highest BCUT2D eigenvalue weighted by molar-refractivity contribution is 7.89. The summed E-state index contributed by atoms with van der Waals surface area (Å²) in [6.45, 7) is 5.38. The molecule has 0 aliphatic heterocycles. The number of hydrogen-bond acceptors (Lipinski definition) is 7. The maximum atomic E-state index is 12.5. The lowest BCUT2D eigenvalue weighted by Crippen LogP contribution is -2.26. The van der Waals surface area contributed by atoms with Crippen LogP contribution in [0, 0.1) is 13.8 Å². The van der Waals surface area contributed by atoms with Gasteiger partial charge in [0.25, 0.3) is 0 Å². The Bertz CT molecular complexity index is 1140. The highest BCUT2D eigenvalue weighted by Crippen LogP contribution is 2.23. The van der Waals surface area contributed by atoms with E-state index in [1.165, 1.54) is 35.6 Å². The summed E-state index contributed by atoms with van der Waals surface area (Å²) in [6.07, 6.45) is 1.05. The average Bonchev–Trinajstić information content (AvgIpc) is 3.13. The number of nitrogens with one attached hydrogen (secondary N) is 1. The van der Waals surface area contributed by atoms with Gasteiger partial charge in [-0.1, -0.05) is 19.1 Å². The topological polar surface area (TPSA) is 106 Å². The molecular weight excluding hydrogens is 505 g/mol. The van der Waals surface area contributed by atoms with Gasteiger partial charge in [0.1, 0.15) is 12.0 Å². The van der Waals surface area contributed by atoms with Crippen LogP contribution < -0.4 is 4.72 Å². The summed E-state index contributed by atoms with van der Waals surface area (Å²) in [4.78, 5) is 16.4. The van der Waals surface area contributed by atoms with Crippen molar-refractivity contribution in [3.05, 3.63) is 68.9 Å². The molecule has 0 aliphatic carbocycles. The van der Waals surface area contributed by atoms with Crippen LogP contribution in [0.2, 0.25) is 0 Å². The van der Waals surface area contributed by atoms with E-state index in [0.29, 0.717) is 47.4 Å². The SMILES string of the molecule is CC/C=C(\C=C/Cc1nc(CCNS(=O)(=O)c2ccc(C)c(C=O)c2)c(C)s1)OC(F)(F)F.CO. The number of allylic oxidation sites excluding steroid dienone is 3. The fourth-order valence-electron chi connectivity index (χ4n) is 2.86. The smallest absolute Gasteiger partial charge is 0.406 e. The molecule has 1 aromatic carbocycles. The molecule has 12 heteroatoms. The van der Waals surface area contributed by atoms with Crippen molar-refractivity contribution < 1.29 is 36.2 Å². The Morgan fingerprint density at radius 2 is 1.94 bits per heavy atom. The number of carbonyl (C=O) groups excluding carboxylic acids is 1. The number of halogens is 3. The van der Waals surface area contributed by atoms with E-state index in [1.807, 2.05) is 6.92 Å². The molecule has 0 spiro atoms. The Labute approximate surface area is 207 Å². The second-order valence-corrected chi connectivity index (χ2v) is 10.1. The van der Waals surface area contributed by atoms with Crippen LogP contribution >= 0.6 is 11.3 Å². The number of nitrogens with zero attached hydrogens (tertiary/aromatic N) is 1. The molecule has 0 unspecified atom stereocenters. The maximum absolute atomic E-state index is 12.5. The minimum absolute atomic E-state index is 0.00744. The first-order chi connectivity index (χ1) is 16.4. The zero-order valence-corrected chi connectivity index (χ0v) is 21.5. The Morgan fingerprint density at radius 1 is 1.26 bits per heavy atom. The average molecular weight is 535 g/mol. The van der Waals surface area contributed by atoms with Gasteiger partial charge < -0.3 is 9.84 Å². The summed E-state index contributed by atoms with van der Waals surface area (Å²) in [5.41, 5.74) is 1.70. The number of thiazole rings is 1. The van der Waals surface area contributed by atoms with E-state index in [-0.39, 0.29) is 17.2 Å². The van der Waals surface area contributed by atoms with Crippen molar-refractivity contribution in [1.29, 1.82) is 0 Å². The molecule has 2 N–H and O–H groups in total. The Balaban J connectivity index is 0.00000298. The maximum Gasteiger partial charge on any atom is 0.573 e. The summed E-state index contributed by atoms with van der Waals surface area (Å²) in [5.74, 6) is -0.276. The molecule has 1 heterocycles. The first kappa shape index (κ1) is 30.5. The summed E-state index contributed by atoms with van der Waals surface area (Å²) < 4.78 is 68.7. The molecule has 0 atom stereocenters. The lowest BCUT2D eigenvalue weighted by atomic mass is 10.1. The molecule has 2 aromatic rings. The monoisotopic (exact) mass is 534 g/mol. The lowest BCUT2D eigenvalue weighted by molar-refractivity contribution is -0.303. The largest absolute Gasteiger partial charge is 0.573 e. The number of sulfonamides is 1. The van der Waals surface area contributed by atoms with Crippen molar-refractivity contribution in [2.24, 2.45) is 0 Å². The minimum Gasteiger partial charge on any atom is -0.406 e. The van der Waals surface area contributed by atoms with Crippen LogP contribution in [0.3, 0.4) is 0 Å². The number of aldehydes is 1. The summed E-state index contributed by atoms with van der Waals surface area (Å²) in [7, 11) is -2.79. The summed E-state index contributed by atoms with van der Waals surface area (Å²) >= 11 is 1.39. The lowest BCUT2D eigenvalue weighted by Gasteiger charge is -2.09. The molecule has 0 bridgehead atoms. The Hall–Kier alpha value is -2.54. The molecule has 7 nitrogen and oxygen atoms in total. The Morgan fingerprint density at radius 3 is 2.54 bits per heavy atom. The molecule has 2 rings (SSSR count). The molecule has 0 aliphatic rings. The molecule has 1 aromatic heterocycles. The van der Waals surface area contributed by atoms with Crippen LogP contribution in [0.4, 0.5) is 13.2 Å². The standard InChI is InChI=1S/C22H25F3N2O4S2.CH4O/c1-4-6-18(31-22(23,24)25)7-5-8-21-27-20(16(3)32-21)11-12-26-33(29,30)19-10-9-15(2)17(13-19)14-28;1-2/h5-7,9-10,13-14,26H,4,8,11-12H2,1-3H3;2H,1H3/b7-5-,18-6+;. The molecule has 194 valence electrons. The third-order valence-corrected chi connectivity index (χ3v) is 6.99. The minimum atomic E-state index is -4.75. The van der Waals surface area contributed by atoms with E-state index in [1.54, 1.807) is 26.0 Å². The van der Waals surface area contributed by atoms with Crippen LogP contribution in [-0.4, -0.2) is 44.8 Å². The van der Waals surface area contributed by atoms with Gasteiger partial charge in [0.15, 0.2) is 0 Å². The third-order valence-electron chi connectivity index (χ3n) is 4.49. The predicted molar refractivity (Wildman–Crippen MR) is 129 cm³/mol. The number of hydrogen-bond donors (Lipinski definition) is 2. The van der Waals surface area contributed by atoms with Gasteiger partial charge in [0.2, 0.25) is 10.0 Å². The zero-order valence-electron chi connectivity index (χ0n) is 19.8. The number of aromatic nitrogens is 1. The molecule has 0 fully saturated rings. The predicted octanol–water partition coefficient (Wildman–Crippen LogP) is 4.63.